The predicted octanol–water partition coefficient (Wildman–Crippen LogP) is 2.45. The molecular formula is C15H25N3S. The maximum Gasteiger partial charge on any atom is 0.107 e. The van der Waals surface area contributed by atoms with Gasteiger partial charge in [-0.25, -0.2) is 4.98 Å². The second-order valence-corrected chi connectivity index (χ2v) is 7.24. The number of nitrogens with zero attached hydrogens (tertiary/aromatic N) is 2. The largest absolute Gasteiger partial charge is 0.317 e. The van der Waals surface area contributed by atoms with Crippen molar-refractivity contribution in [3.8, 4) is 0 Å². The minimum absolute atomic E-state index is 0.876. The number of nitrogens with one attached hydrogen (secondary N) is 1. The first-order valence-electron chi connectivity index (χ1n) is 7.68. The zero-order chi connectivity index (χ0) is 13.1. The molecule has 1 N–H and O–H groups in total. The van der Waals surface area contributed by atoms with Crippen LogP contribution in [0, 0.1) is 5.92 Å². The van der Waals surface area contributed by atoms with Crippen LogP contribution in [0.2, 0.25) is 0 Å². The number of thiazole rings is 1. The van der Waals surface area contributed by atoms with Crippen molar-refractivity contribution in [3.63, 3.8) is 0 Å². The van der Waals surface area contributed by atoms with E-state index in [0.29, 0.717) is 0 Å². The molecule has 0 atom stereocenters. The van der Waals surface area contributed by atoms with E-state index < -0.39 is 0 Å². The molecule has 0 amide bonds. The Morgan fingerprint density at radius 1 is 1.26 bits per heavy atom. The lowest BCUT2D eigenvalue weighted by Gasteiger charge is -2.27. The van der Waals surface area contributed by atoms with E-state index in [2.05, 4.69) is 17.3 Å². The van der Waals surface area contributed by atoms with Crippen LogP contribution in [0.4, 0.5) is 0 Å². The standard InChI is InChI=1S/C15H25N3S/c1-18(10-12-6-8-16-9-7-12)11-15-17-13-4-2-3-5-14(13)19-15/h12,16H,2-11H2,1H3. The molecule has 1 aliphatic heterocycles. The molecule has 2 aliphatic rings. The van der Waals surface area contributed by atoms with Crippen LogP contribution in [0.1, 0.15) is 41.3 Å². The Morgan fingerprint density at radius 2 is 2.05 bits per heavy atom. The van der Waals surface area contributed by atoms with Crippen molar-refractivity contribution >= 4 is 11.3 Å². The number of aromatic nitrogens is 1. The first kappa shape index (κ1) is 13.5. The summed E-state index contributed by atoms with van der Waals surface area (Å²) in [6, 6.07) is 0. The Hall–Kier alpha value is -0.450. The van der Waals surface area contributed by atoms with E-state index in [1.54, 1.807) is 4.88 Å². The van der Waals surface area contributed by atoms with Crippen molar-refractivity contribution < 1.29 is 0 Å². The van der Waals surface area contributed by atoms with E-state index in [0.717, 1.165) is 12.5 Å². The van der Waals surface area contributed by atoms with Crippen molar-refractivity contribution in [3.05, 3.63) is 15.6 Å². The van der Waals surface area contributed by atoms with Crippen LogP contribution in [0.3, 0.4) is 0 Å². The van der Waals surface area contributed by atoms with Gasteiger partial charge in [-0.05, 0) is 64.6 Å². The molecule has 0 unspecified atom stereocenters. The van der Waals surface area contributed by atoms with Crippen LogP contribution in [0.25, 0.3) is 0 Å². The molecule has 0 bridgehead atoms. The number of hydrogen-bond donors (Lipinski definition) is 1. The van der Waals surface area contributed by atoms with Gasteiger partial charge in [0.15, 0.2) is 0 Å². The van der Waals surface area contributed by atoms with Crippen molar-refractivity contribution in [1.82, 2.24) is 15.2 Å². The molecule has 0 spiro atoms. The summed E-state index contributed by atoms with van der Waals surface area (Å²) in [5, 5.41) is 4.78. The number of hydrogen-bond acceptors (Lipinski definition) is 4. The summed E-state index contributed by atoms with van der Waals surface area (Å²) in [7, 11) is 2.25. The summed E-state index contributed by atoms with van der Waals surface area (Å²) in [5.74, 6) is 0.876. The molecule has 3 nitrogen and oxygen atoms in total. The van der Waals surface area contributed by atoms with Crippen LogP contribution in [-0.4, -0.2) is 36.6 Å². The lowest BCUT2D eigenvalue weighted by Crippen LogP contribution is -2.34. The summed E-state index contributed by atoms with van der Waals surface area (Å²) in [5.41, 5.74) is 1.40. The van der Waals surface area contributed by atoms with E-state index in [1.807, 2.05) is 11.3 Å². The number of rotatable bonds is 4. The Kier molecular flexibility index (Phi) is 4.51. The van der Waals surface area contributed by atoms with Gasteiger partial charge in [-0.2, -0.15) is 0 Å². The zero-order valence-corrected chi connectivity index (χ0v) is 12.8. The van der Waals surface area contributed by atoms with Crippen LogP contribution in [0.15, 0.2) is 0 Å². The predicted molar refractivity (Wildman–Crippen MR) is 80.7 cm³/mol. The SMILES string of the molecule is CN(Cc1nc2c(s1)CCCC2)CC1CCNCC1. The minimum Gasteiger partial charge on any atom is -0.317 e. The van der Waals surface area contributed by atoms with Crippen molar-refractivity contribution in [1.29, 1.82) is 0 Å². The maximum atomic E-state index is 4.85. The second kappa shape index (κ2) is 6.33. The molecule has 1 fully saturated rings. The average Bonchev–Trinajstić information content (AvgIpc) is 2.81. The third-order valence-corrected chi connectivity index (χ3v) is 5.47. The summed E-state index contributed by atoms with van der Waals surface area (Å²) in [4.78, 5) is 8.89. The Balaban J connectivity index is 1.53. The zero-order valence-electron chi connectivity index (χ0n) is 12.0. The van der Waals surface area contributed by atoms with Gasteiger partial charge in [0.1, 0.15) is 5.01 Å². The highest BCUT2D eigenvalue weighted by atomic mass is 32.1. The topological polar surface area (TPSA) is 28.2 Å². The normalized spacial score (nSPS) is 20.7. The Labute approximate surface area is 120 Å². The highest BCUT2D eigenvalue weighted by Crippen LogP contribution is 2.27. The van der Waals surface area contributed by atoms with Crippen LogP contribution >= 0.6 is 11.3 Å². The quantitative estimate of drug-likeness (QED) is 0.917. The first-order valence-corrected chi connectivity index (χ1v) is 8.49. The highest BCUT2D eigenvalue weighted by Gasteiger charge is 2.18. The maximum absolute atomic E-state index is 4.85. The summed E-state index contributed by atoms with van der Waals surface area (Å²) >= 11 is 1.96. The monoisotopic (exact) mass is 279 g/mol. The average molecular weight is 279 g/mol. The van der Waals surface area contributed by atoms with Crippen LogP contribution in [0.5, 0.6) is 0 Å². The second-order valence-electron chi connectivity index (χ2n) is 6.07. The van der Waals surface area contributed by atoms with Gasteiger partial charge in [0.25, 0.3) is 0 Å². The molecule has 0 radical (unpaired) electrons. The van der Waals surface area contributed by atoms with Gasteiger partial charge >= 0.3 is 0 Å². The van der Waals surface area contributed by atoms with Gasteiger partial charge in [-0.1, -0.05) is 0 Å². The lowest BCUT2D eigenvalue weighted by molar-refractivity contribution is 0.234. The summed E-state index contributed by atoms with van der Waals surface area (Å²) in [6.07, 6.45) is 7.84. The summed E-state index contributed by atoms with van der Waals surface area (Å²) in [6.45, 7) is 4.67. The molecule has 3 rings (SSSR count). The van der Waals surface area contributed by atoms with E-state index in [9.17, 15) is 0 Å². The van der Waals surface area contributed by atoms with Gasteiger partial charge in [0, 0.05) is 11.4 Å². The van der Waals surface area contributed by atoms with E-state index in [1.165, 1.54) is 68.9 Å². The van der Waals surface area contributed by atoms with Gasteiger partial charge in [-0.3, -0.25) is 4.90 Å². The van der Waals surface area contributed by atoms with Gasteiger partial charge in [0.2, 0.25) is 0 Å². The smallest absolute Gasteiger partial charge is 0.107 e. The molecule has 106 valence electrons. The molecule has 1 aromatic rings. The third kappa shape index (κ3) is 3.56. The highest BCUT2D eigenvalue weighted by molar-refractivity contribution is 7.11. The fourth-order valence-electron chi connectivity index (χ4n) is 3.27. The minimum atomic E-state index is 0.876. The summed E-state index contributed by atoms with van der Waals surface area (Å²) < 4.78 is 0. The molecule has 1 aliphatic carbocycles. The third-order valence-electron chi connectivity index (χ3n) is 4.32. The molecule has 0 saturated carbocycles. The molecule has 0 aromatic carbocycles. The van der Waals surface area contributed by atoms with Gasteiger partial charge < -0.3 is 5.32 Å². The molecule has 1 saturated heterocycles. The van der Waals surface area contributed by atoms with Crippen molar-refractivity contribution in [2.45, 2.75) is 45.1 Å². The molecule has 1 aromatic heterocycles. The van der Waals surface area contributed by atoms with E-state index in [4.69, 9.17) is 4.98 Å². The van der Waals surface area contributed by atoms with Crippen LogP contribution < -0.4 is 5.32 Å². The van der Waals surface area contributed by atoms with E-state index >= 15 is 0 Å². The molecule has 2 heterocycles. The number of aryl methyl sites for hydroxylation is 2. The molecular weight excluding hydrogens is 254 g/mol. The Bertz CT molecular complexity index is 386. The van der Waals surface area contributed by atoms with Crippen molar-refractivity contribution in [2.24, 2.45) is 5.92 Å². The van der Waals surface area contributed by atoms with Crippen LogP contribution in [-0.2, 0) is 19.4 Å². The fraction of sp³-hybridized carbons (Fsp3) is 0.800. The fourth-order valence-corrected chi connectivity index (χ4v) is 4.51. The Morgan fingerprint density at radius 3 is 2.84 bits per heavy atom. The van der Waals surface area contributed by atoms with Gasteiger partial charge in [-0.15, -0.1) is 11.3 Å². The number of piperidine rings is 1. The van der Waals surface area contributed by atoms with Gasteiger partial charge in [0.05, 0.1) is 12.2 Å². The van der Waals surface area contributed by atoms with E-state index in [-0.39, 0.29) is 0 Å². The lowest BCUT2D eigenvalue weighted by atomic mass is 9.98. The first-order chi connectivity index (χ1) is 9.31. The van der Waals surface area contributed by atoms with Crippen molar-refractivity contribution in [2.75, 3.05) is 26.7 Å². The molecule has 19 heavy (non-hydrogen) atoms. The molecule has 4 heteroatoms. The number of fused-ring (bicyclic) bond motifs is 1.